The van der Waals surface area contributed by atoms with E-state index in [1.54, 1.807) is 0 Å². The maximum absolute atomic E-state index is 3.31. The number of alkyl halides is 1. The summed E-state index contributed by atoms with van der Waals surface area (Å²) in [6, 6.07) is 0. The summed E-state index contributed by atoms with van der Waals surface area (Å²) in [6.07, 6.45) is 6.18. The summed E-state index contributed by atoms with van der Waals surface area (Å²) < 4.78 is 4.31. The van der Waals surface area contributed by atoms with Gasteiger partial charge in [-0.05, 0) is 10.8 Å². The van der Waals surface area contributed by atoms with Crippen LogP contribution in [0.1, 0.15) is 0 Å². The molecule has 0 aliphatic carbocycles. The van der Waals surface area contributed by atoms with Gasteiger partial charge in [-0.3, -0.25) is 4.72 Å². The van der Waals surface area contributed by atoms with Crippen LogP contribution in [0.2, 0.25) is 0 Å². The van der Waals surface area contributed by atoms with Crippen LogP contribution in [0, 0.1) is 0 Å². The third kappa shape index (κ3) is 2.64. The molecule has 1 unspecified atom stereocenters. The molecule has 1 nitrogen and oxygen atoms in total. The van der Waals surface area contributed by atoms with Gasteiger partial charge in [-0.1, -0.05) is 51.5 Å². The molecule has 0 aromatic rings. The molecule has 50 valence electrons. The van der Waals surface area contributed by atoms with Gasteiger partial charge in [0.05, 0.1) is 4.55 Å². The SMILES string of the molecule is ICNS1=CC=CC=C1. The zero-order chi connectivity index (χ0) is 6.53. The zero-order valence-electron chi connectivity index (χ0n) is 4.88. The molecule has 0 fully saturated rings. The summed E-state index contributed by atoms with van der Waals surface area (Å²) in [5.41, 5.74) is 0. The molecule has 3 heteroatoms. The molecule has 0 aromatic heterocycles. The van der Waals surface area contributed by atoms with Gasteiger partial charge in [0.15, 0.2) is 0 Å². The van der Waals surface area contributed by atoms with Crippen molar-refractivity contribution >= 4 is 38.6 Å². The van der Waals surface area contributed by atoms with Crippen molar-refractivity contribution in [2.45, 2.75) is 0 Å². The van der Waals surface area contributed by atoms with Crippen LogP contribution in [0.3, 0.4) is 0 Å². The van der Waals surface area contributed by atoms with Crippen molar-refractivity contribution in [2.24, 2.45) is 0 Å². The molecule has 1 aliphatic rings. The Kier molecular flexibility index (Phi) is 3.54. The van der Waals surface area contributed by atoms with E-state index < -0.39 is 0 Å². The molecule has 0 saturated carbocycles. The Morgan fingerprint density at radius 1 is 1.33 bits per heavy atom. The maximum Gasteiger partial charge on any atom is 0.0576 e. The zero-order valence-corrected chi connectivity index (χ0v) is 7.85. The van der Waals surface area contributed by atoms with Gasteiger partial charge >= 0.3 is 0 Å². The minimum absolute atomic E-state index is 0.205. The first-order chi connectivity index (χ1) is 4.43. The van der Waals surface area contributed by atoms with Crippen molar-refractivity contribution in [3.63, 3.8) is 0 Å². The van der Waals surface area contributed by atoms with Crippen molar-refractivity contribution in [3.8, 4) is 0 Å². The summed E-state index contributed by atoms with van der Waals surface area (Å²) in [7, 11) is 0.205. The summed E-state index contributed by atoms with van der Waals surface area (Å²) in [5, 5.41) is 4.33. The molecule has 9 heavy (non-hydrogen) atoms. The molecule has 0 amide bonds. The molecule has 1 atom stereocenters. The average Bonchev–Trinajstić information content (AvgIpc) is 1.91. The van der Waals surface area contributed by atoms with Crippen LogP contribution in [0.5, 0.6) is 0 Å². The molecule has 0 bridgehead atoms. The summed E-state index contributed by atoms with van der Waals surface area (Å²) in [5.74, 6) is 0. The topological polar surface area (TPSA) is 12.0 Å². The fraction of sp³-hybridized carbons (Fsp3) is 0.167. The summed E-state index contributed by atoms with van der Waals surface area (Å²) in [4.78, 5) is 0. The van der Waals surface area contributed by atoms with Crippen LogP contribution in [-0.4, -0.2) is 9.92 Å². The van der Waals surface area contributed by atoms with E-state index in [1.807, 2.05) is 6.08 Å². The molecule has 1 rings (SSSR count). The van der Waals surface area contributed by atoms with E-state index in [2.05, 4.69) is 50.2 Å². The average molecular weight is 253 g/mol. The van der Waals surface area contributed by atoms with Crippen molar-refractivity contribution in [3.05, 3.63) is 23.6 Å². The second kappa shape index (κ2) is 4.24. The van der Waals surface area contributed by atoms with Gasteiger partial charge in [-0.25, -0.2) is 0 Å². The summed E-state index contributed by atoms with van der Waals surface area (Å²) in [6.45, 7) is 0. The second-order valence-corrected chi connectivity index (χ2v) is 3.84. The first-order valence-corrected chi connectivity index (χ1v) is 5.51. The van der Waals surface area contributed by atoms with Crippen molar-refractivity contribution < 1.29 is 0 Å². The predicted molar refractivity (Wildman–Crippen MR) is 54.0 cm³/mol. The fourth-order valence-corrected chi connectivity index (χ4v) is 2.54. The van der Waals surface area contributed by atoms with Crippen LogP contribution in [0.15, 0.2) is 23.6 Å². The van der Waals surface area contributed by atoms with Crippen LogP contribution >= 0.6 is 33.3 Å². The van der Waals surface area contributed by atoms with Gasteiger partial charge in [0, 0.05) is 0 Å². The molecular formula is C6H8INS. The van der Waals surface area contributed by atoms with Gasteiger partial charge in [-0.2, -0.15) is 0 Å². The molecule has 0 spiro atoms. The van der Waals surface area contributed by atoms with E-state index >= 15 is 0 Å². The number of halogens is 1. The lowest BCUT2D eigenvalue weighted by molar-refractivity contribution is 1.28. The number of nitrogens with one attached hydrogen (secondary N) is 1. The number of hydrogen-bond acceptors (Lipinski definition) is 1. The Morgan fingerprint density at radius 3 is 2.78 bits per heavy atom. The minimum Gasteiger partial charge on any atom is -0.256 e. The minimum atomic E-state index is 0.205. The molecule has 0 radical (unpaired) electrons. The Morgan fingerprint density at radius 2 is 2.22 bits per heavy atom. The number of rotatable bonds is 2. The Labute approximate surface area is 71.4 Å². The van der Waals surface area contributed by atoms with Crippen molar-refractivity contribution in [1.29, 1.82) is 0 Å². The Balaban J connectivity index is 2.51. The van der Waals surface area contributed by atoms with Gasteiger partial charge in [-0.15, -0.1) is 0 Å². The van der Waals surface area contributed by atoms with Crippen molar-refractivity contribution in [1.82, 2.24) is 4.72 Å². The monoisotopic (exact) mass is 253 g/mol. The van der Waals surface area contributed by atoms with Gasteiger partial charge < -0.3 is 0 Å². The van der Waals surface area contributed by atoms with E-state index in [1.165, 1.54) is 0 Å². The van der Waals surface area contributed by atoms with Crippen LogP contribution in [-0.2, 0) is 0 Å². The first-order valence-electron chi connectivity index (χ1n) is 2.63. The predicted octanol–water partition coefficient (Wildman–Crippen LogP) is 2.04. The smallest absolute Gasteiger partial charge is 0.0576 e. The van der Waals surface area contributed by atoms with Crippen molar-refractivity contribution in [2.75, 3.05) is 4.55 Å². The standard InChI is InChI=1S/C6H8INS/c7-6-8-9-4-2-1-3-5-9/h1-5,8H,6H2. The molecule has 1 heterocycles. The second-order valence-electron chi connectivity index (χ2n) is 1.50. The van der Waals surface area contributed by atoms with Crippen LogP contribution < -0.4 is 4.72 Å². The fourth-order valence-electron chi connectivity index (χ4n) is 0.529. The van der Waals surface area contributed by atoms with Gasteiger partial charge in [0.25, 0.3) is 0 Å². The highest BCUT2D eigenvalue weighted by molar-refractivity contribution is 14.1. The lowest BCUT2D eigenvalue weighted by atomic mass is 10.5. The van der Waals surface area contributed by atoms with E-state index in [0.717, 1.165) is 4.55 Å². The molecule has 0 aromatic carbocycles. The lowest BCUT2D eigenvalue weighted by Crippen LogP contribution is -2.00. The lowest BCUT2D eigenvalue weighted by Gasteiger charge is -2.02. The van der Waals surface area contributed by atoms with Crippen LogP contribution in [0.4, 0.5) is 0 Å². The maximum atomic E-state index is 3.31. The Hall–Kier alpha value is 0.390. The highest BCUT2D eigenvalue weighted by Crippen LogP contribution is 2.10. The number of hydrogen-bond donors (Lipinski definition) is 1. The largest absolute Gasteiger partial charge is 0.256 e. The Bertz CT molecular complexity index is 172. The molecule has 1 N–H and O–H groups in total. The highest BCUT2D eigenvalue weighted by Gasteiger charge is 1.85. The highest BCUT2D eigenvalue weighted by atomic mass is 127. The molecule has 0 saturated heterocycles. The quantitative estimate of drug-likeness (QED) is 0.343. The normalized spacial score (nSPS) is 23.9. The van der Waals surface area contributed by atoms with E-state index in [0.29, 0.717) is 0 Å². The van der Waals surface area contributed by atoms with E-state index in [4.69, 9.17) is 0 Å². The molecule has 1 aliphatic heterocycles. The summed E-state index contributed by atoms with van der Waals surface area (Å²) >= 11 is 2.31. The third-order valence-electron chi connectivity index (χ3n) is 0.894. The van der Waals surface area contributed by atoms with E-state index in [9.17, 15) is 0 Å². The van der Waals surface area contributed by atoms with E-state index in [-0.39, 0.29) is 10.7 Å². The third-order valence-corrected chi connectivity index (χ3v) is 3.17. The van der Waals surface area contributed by atoms with Gasteiger partial charge in [0.2, 0.25) is 0 Å². The van der Waals surface area contributed by atoms with Crippen LogP contribution in [0.25, 0.3) is 0 Å². The van der Waals surface area contributed by atoms with Gasteiger partial charge in [0.1, 0.15) is 0 Å². The first kappa shape index (κ1) is 7.50. The molecular weight excluding hydrogens is 245 g/mol. The number of allylic oxidation sites excluding steroid dienone is 3.